The summed E-state index contributed by atoms with van der Waals surface area (Å²) in [5, 5.41) is 2.78. The molecule has 3 nitrogen and oxygen atoms in total. The number of hydrogen-bond acceptors (Lipinski definition) is 2. The van der Waals surface area contributed by atoms with Crippen molar-refractivity contribution in [2.75, 3.05) is 18.9 Å². The molecule has 18 heavy (non-hydrogen) atoms. The molecule has 1 unspecified atom stereocenters. The Bertz CT molecular complexity index is 447. The molecule has 0 bridgehead atoms. The van der Waals surface area contributed by atoms with Gasteiger partial charge in [-0.25, -0.2) is 4.39 Å². The first-order valence-corrected chi connectivity index (χ1v) is 6.42. The van der Waals surface area contributed by atoms with Crippen LogP contribution in [0.1, 0.15) is 36.5 Å². The number of hydrogen-bond donors (Lipinski definition) is 1. The fraction of sp³-hybridized carbons (Fsp3) is 0.500. The van der Waals surface area contributed by atoms with Crippen LogP contribution in [0.5, 0.6) is 0 Å². The van der Waals surface area contributed by atoms with Crippen LogP contribution in [0.15, 0.2) is 18.2 Å². The highest BCUT2D eigenvalue weighted by atomic mass is 19.1. The number of carbonyl (C=O) groups is 1. The average molecular weight is 250 g/mol. The van der Waals surface area contributed by atoms with Gasteiger partial charge in [0.1, 0.15) is 5.82 Å². The van der Waals surface area contributed by atoms with E-state index in [1.807, 2.05) is 4.90 Å². The maximum absolute atomic E-state index is 13.6. The summed E-state index contributed by atoms with van der Waals surface area (Å²) in [6.45, 7) is 2.81. The summed E-state index contributed by atoms with van der Waals surface area (Å²) in [6.07, 6.45) is 3.21. The predicted octanol–water partition coefficient (Wildman–Crippen LogP) is 2.88. The second-order valence-corrected chi connectivity index (χ2v) is 4.76. The van der Waals surface area contributed by atoms with Crippen molar-refractivity contribution in [3.63, 3.8) is 0 Å². The molecule has 98 valence electrons. The van der Waals surface area contributed by atoms with Crippen molar-refractivity contribution in [1.29, 1.82) is 0 Å². The number of anilines is 1. The standard InChI is InChI=1S/C14H19FN2O/c1-10-6-3-4-9-17(10)14(18)11-7-5-8-12(15)13(11)16-2/h5,7-8,10,16H,3-4,6,9H2,1-2H3. The van der Waals surface area contributed by atoms with E-state index in [2.05, 4.69) is 12.2 Å². The highest BCUT2D eigenvalue weighted by molar-refractivity contribution is 5.99. The molecule has 4 heteroatoms. The molecule has 1 aromatic carbocycles. The summed E-state index contributed by atoms with van der Waals surface area (Å²) in [4.78, 5) is 14.3. The quantitative estimate of drug-likeness (QED) is 0.875. The first-order valence-electron chi connectivity index (χ1n) is 6.42. The maximum atomic E-state index is 13.6. The SMILES string of the molecule is CNc1c(F)cccc1C(=O)N1CCCCC1C. The minimum atomic E-state index is -0.381. The Morgan fingerprint density at radius 1 is 1.44 bits per heavy atom. The second kappa shape index (κ2) is 5.38. The van der Waals surface area contributed by atoms with E-state index in [1.165, 1.54) is 6.07 Å². The monoisotopic (exact) mass is 250 g/mol. The largest absolute Gasteiger partial charge is 0.385 e. The van der Waals surface area contributed by atoms with Crippen molar-refractivity contribution in [2.24, 2.45) is 0 Å². The number of benzene rings is 1. The lowest BCUT2D eigenvalue weighted by molar-refractivity contribution is 0.0636. The molecule has 1 atom stereocenters. The van der Waals surface area contributed by atoms with E-state index >= 15 is 0 Å². The fourth-order valence-electron chi connectivity index (χ4n) is 2.51. The van der Waals surface area contributed by atoms with Crippen molar-refractivity contribution in [2.45, 2.75) is 32.2 Å². The lowest BCUT2D eigenvalue weighted by atomic mass is 10.0. The molecule has 2 rings (SSSR count). The molecule has 0 saturated carbocycles. The van der Waals surface area contributed by atoms with Gasteiger partial charge in [0.15, 0.2) is 0 Å². The first kappa shape index (κ1) is 12.9. The molecule has 1 N–H and O–H groups in total. The van der Waals surface area contributed by atoms with E-state index in [4.69, 9.17) is 0 Å². The summed E-state index contributed by atoms with van der Waals surface area (Å²) in [7, 11) is 1.63. The van der Waals surface area contributed by atoms with Crippen LogP contribution in [0, 0.1) is 5.82 Å². The molecule has 1 fully saturated rings. The number of nitrogens with one attached hydrogen (secondary N) is 1. The van der Waals surface area contributed by atoms with Gasteiger partial charge in [-0.3, -0.25) is 4.79 Å². The number of carbonyl (C=O) groups excluding carboxylic acids is 1. The number of nitrogens with zero attached hydrogens (tertiary/aromatic N) is 1. The van der Waals surface area contributed by atoms with Gasteiger partial charge in [-0.2, -0.15) is 0 Å². The van der Waals surface area contributed by atoms with Gasteiger partial charge in [0.2, 0.25) is 0 Å². The van der Waals surface area contributed by atoms with Crippen LogP contribution >= 0.6 is 0 Å². The van der Waals surface area contributed by atoms with Crippen molar-refractivity contribution in [3.8, 4) is 0 Å². The van der Waals surface area contributed by atoms with Crippen molar-refractivity contribution in [3.05, 3.63) is 29.6 Å². The van der Waals surface area contributed by atoms with Gasteiger partial charge in [-0.15, -0.1) is 0 Å². The molecule has 1 aliphatic rings. The van der Waals surface area contributed by atoms with Gasteiger partial charge in [0.05, 0.1) is 11.3 Å². The van der Waals surface area contributed by atoms with Crippen LogP contribution in [-0.2, 0) is 0 Å². The Hall–Kier alpha value is -1.58. The lowest BCUT2D eigenvalue weighted by Gasteiger charge is -2.33. The maximum Gasteiger partial charge on any atom is 0.256 e. The summed E-state index contributed by atoms with van der Waals surface area (Å²) in [5.74, 6) is -0.459. The minimum absolute atomic E-state index is 0.0777. The first-order chi connectivity index (χ1) is 8.65. The van der Waals surface area contributed by atoms with Gasteiger partial charge in [-0.1, -0.05) is 6.07 Å². The summed E-state index contributed by atoms with van der Waals surface area (Å²) >= 11 is 0. The number of likely N-dealkylation sites (tertiary alicyclic amines) is 1. The summed E-state index contributed by atoms with van der Waals surface area (Å²) < 4.78 is 13.6. The molecule has 1 aromatic rings. The van der Waals surface area contributed by atoms with E-state index in [1.54, 1.807) is 19.2 Å². The number of amides is 1. The topological polar surface area (TPSA) is 32.3 Å². The van der Waals surface area contributed by atoms with Gasteiger partial charge in [0, 0.05) is 19.6 Å². The van der Waals surface area contributed by atoms with Crippen molar-refractivity contribution >= 4 is 11.6 Å². The van der Waals surface area contributed by atoms with Gasteiger partial charge >= 0.3 is 0 Å². The molecular weight excluding hydrogens is 231 g/mol. The molecule has 1 aliphatic heterocycles. The Morgan fingerprint density at radius 3 is 2.89 bits per heavy atom. The van der Waals surface area contributed by atoms with Crippen LogP contribution in [0.4, 0.5) is 10.1 Å². The zero-order chi connectivity index (χ0) is 13.1. The molecule has 0 spiro atoms. The third-order valence-corrected chi connectivity index (χ3v) is 3.56. The van der Waals surface area contributed by atoms with Crippen LogP contribution in [0.25, 0.3) is 0 Å². The molecule has 1 amide bonds. The second-order valence-electron chi connectivity index (χ2n) is 4.76. The Labute approximate surface area is 107 Å². The van der Waals surface area contributed by atoms with Crippen LogP contribution in [-0.4, -0.2) is 30.4 Å². The third kappa shape index (κ3) is 2.33. The van der Waals surface area contributed by atoms with E-state index in [0.29, 0.717) is 11.3 Å². The number of piperidine rings is 1. The Kier molecular flexibility index (Phi) is 3.84. The van der Waals surface area contributed by atoms with Crippen LogP contribution in [0.2, 0.25) is 0 Å². The fourth-order valence-corrected chi connectivity index (χ4v) is 2.51. The Balaban J connectivity index is 2.30. The van der Waals surface area contributed by atoms with E-state index in [9.17, 15) is 9.18 Å². The van der Waals surface area contributed by atoms with Gasteiger partial charge in [-0.05, 0) is 38.3 Å². The van der Waals surface area contributed by atoms with E-state index in [-0.39, 0.29) is 17.8 Å². The van der Waals surface area contributed by atoms with Crippen LogP contribution in [0.3, 0.4) is 0 Å². The van der Waals surface area contributed by atoms with E-state index < -0.39 is 0 Å². The molecule has 1 heterocycles. The highest BCUT2D eigenvalue weighted by Crippen LogP contribution is 2.24. The highest BCUT2D eigenvalue weighted by Gasteiger charge is 2.26. The third-order valence-electron chi connectivity index (χ3n) is 3.56. The minimum Gasteiger partial charge on any atom is -0.385 e. The smallest absolute Gasteiger partial charge is 0.256 e. The Morgan fingerprint density at radius 2 is 2.22 bits per heavy atom. The van der Waals surface area contributed by atoms with Crippen molar-refractivity contribution in [1.82, 2.24) is 4.90 Å². The molecular formula is C14H19FN2O. The van der Waals surface area contributed by atoms with Crippen LogP contribution < -0.4 is 5.32 Å². The van der Waals surface area contributed by atoms with Gasteiger partial charge in [0.25, 0.3) is 5.91 Å². The zero-order valence-corrected chi connectivity index (χ0v) is 10.9. The molecule has 0 aromatic heterocycles. The van der Waals surface area contributed by atoms with Gasteiger partial charge < -0.3 is 10.2 Å². The molecule has 0 aliphatic carbocycles. The summed E-state index contributed by atoms with van der Waals surface area (Å²) in [5.41, 5.74) is 0.714. The molecule has 0 radical (unpaired) electrons. The predicted molar refractivity (Wildman–Crippen MR) is 70.3 cm³/mol. The lowest BCUT2D eigenvalue weighted by Crippen LogP contribution is -2.42. The summed E-state index contributed by atoms with van der Waals surface area (Å²) in [6, 6.07) is 4.86. The molecule has 1 saturated heterocycles. The van der Waals surface area contributed by atoms with Crippen molar-refractivity contribution < 1.29 is 9.18 Å². The number of halogens is 1. The normalized spacial score (nSPS) is 19.7. The number of para-hydroxylation sites is 1. The van der Waals surface area contributed by atoms with E-state index in [0.717, 1.165) is 25.8 Å². The average Bonchev–Trinajstić information content (AvgIpc) is 2.38. The number of rotatable bonds is 2. The zero-order valence-electron chi connectivity index (χ0n) is 10.9.